The molecule has 1 heteroatoms. The van der Waals surface area contributed by atoms with Crippen molar-refractivity contribution in [2.45, 2.75) is 65.7 Å². The third-order valence-electron chi connectivity index (χ3n) is 3.41. The summed E-state index contributed by atoms with van der Waals surface area (Å²) in [6.07, 6.45) is 9.45. The summed E-state index contributed by atoms with van der Waals surface area (Å²) in [7, 11) is 0. The topological polar surface area (TPSA) is 26.0 Å². The van der Waals surface area contributed by atoms with Gasteiger partial charge in [0.25, 0.3) is 0 Å². The Morgan fingerprint density at radius 1 is 0.786 bits per heavy atom. The Kier molecular flexibility index (Phi) is 9.49. The van der Waals surface area contributed by atoms with Gasteiger partial charge in [-0.05, 0) is 24.8 Å². The normalized spacial score (nSPS) is 15.4. The molecule has 0 aromatic carbocycles. The largest absolute Gasteiger partial charge is 0.330 e. The molecular weight excluding hydrogens is 170 g/mol. The Morgan fingerprint density at radius 2 is 1.29 bits per heavy atom. The second-order valence-electron chi connectivity index (χ2n) is 4.49. The highest BCUT2D eigenvalue weighted by molar-refractivity contribution is 4.63. The number of nitrogens with two attached hydrogens (primary N) is 1. The van der Waals surface area contributed by atoms with Gasteiger partial charge in [0.1, 0.15) is 0 Å². The van der Waals surface area contributed by atoms with Crippen molar-refractivity contribution < 1.29 is 0 Å². The van der Waals surface area contributed by atoms with E-state index >= 15 is 0 Å². The first-order valence-corrected chi connectivity index (χ1v) is 6.48. The molecule has 2 unspecified atom stereocenters. The average Bonchev–Trinajstić information content (AvgIpc) is 2.22. The zero-order valence-electron chi connectivity index (χ0n) is 10.4. The van der Waals surface area contributed by atoms with Gasteiger partial charge in [0, 0.05) is 0 Å². The van der Waals surface area contributed by atoms with Crippen LogP contribution in [0, 0.1) is 11.8 Å². The molecule has 2 N–H and O–H groups in total. The number of hydrogen-bond donors (Lipinski definition) is 1. The quantitative estimate of drug-likeness (QED) is 0.597. The fourth-order valence-corrected chi connectivity index (χ4v) is 2.22. The smallest absolute Gasteiger partial charge is 0.00746 e. The van der Waals surface area contributed by atoms with Crippen molar-refractivity contribution >= 4 is 0 Å². The monoisotopic (exact) mass is 199 g/mol. The summed E-state index contributed by atoms with van der Waals surface area (Å²) in [4.78, 5) is 0. The molecule has 0 aliphatic carbocycles. The standard InChI is InChI=1S/C13H29N/c1-4-7-12(5-2)8-9-13(6-3)10-11-14/h12-13H,4-11,14H2,1-3H3. The van der Waals surface area contributed by atoms with Crippen LogP contribution in [0.15, 0.2) is 0 Å². The maximum Gasteiger partial charge on any atom is -0.00746 e. The molecule has 0 fully saturated rings. The van der Waals surface area contributed by atoms with E-state index in [1.165, 1.54) is 44.9 Å². The summed E-state index contributed by atoms with van der Waals surface area (Å²) >= 11 is 0. The van der Waals surface area contributed by atoms with E-state index in [0.29, 0.717) is 0 Å². The van der Waals surface area contributed by atoms with Crippen molar-refractivity contribution in [2.24, 2.45) is 17.6 Å². The minimum atomic E-state index is 0.864. The van der Waals surface area contributed by atoms with Crippen molar-refractivity contribution in [2.75, 3.05) is 6.54 Å². The highest BCUT2D eigenvalue weighted by Crippen LogP contribution is 2.23. The van der Waals surface area contributed by atoms with Crippen LogP contribution in [0.1, 0.15) is 65.7 Å². The van der Waals surface area contributed by atoms with Crippen LogP contribution in [-0.2, 0) is 0 Å². The first kappa shape index (κ1) is 14.0. The molecule has 0 radical (unpaired) electrons. The zero-order chi connectivity index (χ0) is 10.8. The minimum absolute atomic E-state index is 0.864. The van der Waals surface area contributed by atoms with Crippen LogP contribution in [0.25, 0.3) is 0 Å². The van der Waals surface area contributed by atoms with Gasteiger partial charge < -0.3 is 5.73 Å². The maximum atomic E-state index is 5.60. The predicted molar refractivity (Wildman–Crippen MR) is 65.4 cm³/mol. The van der Waals surface area contributed by atoms with E-state index in [4.69, 9.17) is 5.73 Å². The van der Waals surface area contributed by atoms with Crippen molar-refractivity contribution in [3.8, 4) is 0 Å². The molecule has 0 saturated heterocycles. The van der Waals surface area contributed by atoms with E-state index in [1.54, 1.807) is 0 Å². The Balaban J connectivity index is 3.63. The Bertz CT molecular complexity index is 97.8. The lowest BCUT2D eigenvalue weighted by atomic mass is 9.88. The van der Waals surface area contributed by atoms with Gasteiger partial charge >= 0.3 is 0 Å². The molecule has 0 heterocycles. The van der Waals surface area contributed by atoms with Gasteiger partial charge in [0.05, 0.1) is 0 Å². The van der Waals surface area contributed by atoms with Crippen LogP contribution in [0.4, 0.5) is 0 Å². The van der Waals surface area contributed by atoms with Crippen LogP contribution in [-0.4, -0.2) is 6.54 Å². The van der Waals surface area contributed by atoms with Gasteiger partial charge in [-0.2, -0.15) is 0 Å². The summed E-state index contributed by atoms with van der Waals surface area (Å²) in [5.74, 6) is 1.85. The Hall–Kier alpha value is -0.0400. The summed E-state index contributed by atoms with van der Waals surface area (Å²) in [5.41, 5.74) is 5.60. The van der Waals surface area contributed by atoms with E-state index in [0.717, 1.165) is 18.4 Å². The van der Waals surface area contributed by atoms with Gasteiger partial charge in [-0.15, -0.1) is 0 Å². The van der Waals surface area contributed by atoms with Crippen LogP contribution < -0.4 is 5.73 Å². The van der Waals surface area contributed by atoms with E-state index in [-0.39, 0.29) is 0 Å². The molecule has 0 amide bonds. The lowest BCUT2D eigenvalue weighted by Gasteiger charge is -2.18. The molecule has 1 nitrogen and oxygen atoms in total. The van der Waals surface area contributed by atoms with E-state index in [2.05, 4.69) is 20.8 Å². The minimum Gasteiger partial charge on any atom is -0.330 e. The average molecular weight is 199 g/mol. The molecule has 0 aliphatic heterocycles. The highest BCUT2D eigenvalue weighted by atomic mass is 14.5. The molecule has 0 spiro atoms. The molecular formula is C13H29N. The lowest BCUT2D eigenvalue weighted by molar-refractivity contribution is 0.349. The van der Waals surface area contributed by atoms with Gasteiger partial charge in [-0.1, -0.05) is 59.3 Å². The first-order valence-electron chi connectivity index (χ1n) is 6.48. The molecule has 0 saturated carbocycles. The van der Waals surface area contributed by atoms with E-state index in [9.17, 15) is 0 Å². The summed E-state index contributed by atoms with van der Waals surface area (Å²) in [6.45, 7) is 7.77. The number of hydrogen-bond acceptors (Lipinski definition) is 1. The maximum absolute atomic E-state index is 5.60. The molecule has 0 bridgehead atoms. The summed E-state index contributed by atoms with van der Waals surface area (Å²) < 4.78 is 0. The second-order valence-corrected chi connectivity index (χ2v) is 4.49. The SMILES string of the molecule is CCCC(CC)CCC(CC)CCN. The zero-order valence-corrected chi connectivity index (χ0v) is 10.4. The highest BCUT2D eigenvalue weighted by Gasteiger charge is 2.09. The van der Waals surface area contributed by atoms with E-state index in [1.807, 2.05) is 0 Å². The fourth-order valence-electron chi connectivity index (χ4n) is 2.22. The predicted octanol–water partition coefficient (Wildman–Crippen LogP) is 3.97. The third-order valence-corrected chi connectivity index (χ3v) is 3.41. The number of rotatable bonds is 9. The van der Waals surface area contributed by atoms with E-state index < -0.39 is 0 Å². The second kappa shape index (κ2) is 9.51. The van der Waals surface area contributed by atoms with Crippen LogP contribution >= 0.6 is 0 Å². The van der Waals surface area contributed by atoms with Crippen LogP contribution in [0.2, 0.25) is 0 Å². The molecule has 14 heavy (non-hydrogen) atoms. The van der Waals surface area contributed by atoms with Crippen molar-refractivity contribution in [3.05, 3.63) is 0 Å². The van der Waals surface area contributed by atoms with Gasteiger partial charge in [0.2, 0.25) is 0 Å². The third kappa shape index (κ3) is 6.42. The molecule has 0 aromatic heterocycles. The van der Waals surface area contributed by atoms with Crippen molar-refractivity contribution in [3.63, 3.8) is 0 Å². The summed E-state index contributed by atoms with van der Waals surface area (Å²) in [6, 6.07) is 0. The fraction of sp³-hybridized carbons (Fsp3) is 1.00. The van der Waals surface area contributed by atoms with Crippen LogP contribution in [0.3, 0.4) is 0 Å². The Labute approximate surface area is 90.5 Å². The molecule has 86 valence electrons. The molecule has 2 atom stereocenters. The first-order chi connectivity index (χ1) is 6.78. The molecule has 0 aliphatic rings. The lowest BCUT2D eigenvalue weighted by Crippen LogP contribution is -2.10. The molecule has 0 rings (SSSR count). The van der Waals surface area contributed by atoms with Crippen molar-refractivity contribution in [1.29, 1.82) is 0 Å². The van der Waals surface area contributed by atoms with Crippen molar-refractivity contribution in [1.82, 2.24) is 0 Å². The van der Waals surface area contributed by atoms with Crippen LogP contribution in [0.5, 0.6) is 0 Å². The van der Waals surface area contributed by atoms with Gasteiger partial charge in [-0.25, -0.2) is 0 Å². The van der Waals surface area contributed by atoms with Gasteiger partial charge in [0.15, 0.2) is 0 Å². The van der Waals surface area contributed by atoms with Gasteiger partial charge in [-0.3, -0.25) is 0 Å². The Morgan fingerprint density at radius 3 is 1.64 bits per heavy atom. The summed E-state index contributed by atoms with van der Waals surface area (Å²) in [5, 5.41) is 0. The molecule has 0 aromatic rings.